The lowest BCUT2D eigenvalue weighted by molar-refractivity contribution is 1.07. The molecule has 0 saturated heterocycles. The highest BCUT2D eigenvalue weighted by atomic mass is 35.5. The second-order valence-electron chi connectivity index (χ2n) is 3.58. The van der Waals surface area contributed by atoms with E-state index in [1.54, 1.807) is 0 Å². The first-order valence-corrected chi connectivity index (χ1v) is 6.22. The molecule has 0 spiro atoms. The Kier molecular flexibility index (Phi) is 2.46. The third-order valence-electron chi connectivity index (χ3n) is 2.52. The molecule has 2 heterocycles. The summed E-state index contributed by atoms with van der Waals surface area (Å²) in [5.41, 5.74) is 6.64. The molecule has 0 aliphatic rings. The predicted molar refractivity (Wildman–Crippen MR) is 72.3 cm³/mol. The quantitative estimate of drug-likeness (QED) is 0.728. The van der Waals surface area contributed by atoms with Crippen LogP contribution in [0.5, 0.6) is 0 Å². The summed E-state index contributed by atoms with van der Waals surface area (Å²) in [4.78, 5) is 0.999. The van der Waals surface area contributed by atoms with Gasteiger partial charge in [0.1, 0.15) is 5.69 Å². The number of nitrogen functional groups attached to an aromatic ring is 1. The Hall–Kier alpha value is -1.65. The summed E-state index contributed by atoms with van der Waals surface area (Å²) in [6, 6.07) is 11.6. The molecule has 0 atom stereocenters. The highest BCUT2D eigenvalue weighted by Crippen LogP contribution is 2.34. The van der Waals surface area contributed by atoms with Crippen molar-refractivity contribution in [3.63, 3.8) is 0 Å². The zero-order valence-corrected chi connectivity index (χ0v) is 10.3. The smallest absolute Gasteiger partial charge is 0.154 e. The van der Waals surface area contributed by atoms with Crippen molar-refractivity contribution < 1.29 is 0 Å². The van der Waals surface area contributed by atoms with Gasteiger partial charge in [0.05, 0.1) is 9.21 Å². The molecule has 0 unspecified atom stereocenters. The molecule has 2 N–H and O–H groups in total. The minimum Gasteiger partial charge on any atom is -0.382 e. The van der Waals surface area contributed by atoms with E-state index in [4.69, 9.17) is 17.3 Å². The number of rotatable bonds is 1. The summed E-state index contributed by atoms with van der Waals surface area (Å²) >= 11 is 7.42. The van der Waals surface area contributed by atoms with Crippen LogP contribution in [0.15, 0.2) is 36.4 Å². The first kappa shape index (κ1) is 10.5. The molecule has 3 nitrogen and oxygen atoms in total. The van der Waals surface area contributed by atoms with Crippen molar-refractivity contribution in [2.24, 2.45) is 0 Å². The largest absolute Gasteiger partial charge is 0.382 e. The molecule has 84 valence electrons. The number of fused-ring (bicyclic) bond motifs is 1. The fourth-order valence-electron chi connectivity index (χ4n) is 1.75. The molecular formula is C12H8ClN3S. The Morgan fingerprint density at radius 1 is 1.00 bits per heavy atom. The number of hydrogen-bond acceptors (Lipinski definition) is 4. The second kappa shape index (κ2) is 3.98. The van der Waals surface area contributed by atoms with Crippen molar-refractivity contribution in [3.8, 4) is 10.6 Å². The van der Waals surface area contributed by atoms with Gasteiger partial charge in [0, 0.05) is 10.8 Å². The van der Waals surface area contributed by atoms with Gasteiger partial charge in [-0.05, 0) is 12.1 Å². The normalized spacial score (nSPS) is 10.9. The lowest BCUT2D eigenvalue weighted by Crippen LogP contribution is -1.96. The molecule has 17 heavy (non-hydrogen) atoms. The standard InChI is InChI=1S/C12H8ClN3S/c13-10-6-5-9(17-10)11-7-3-1-2-4-8(7)12(14)16-15-11/h1-6H,(H2,14,16). The van der Waals surface area contributed by atoms with Crippen LogP contribution in [0.25, 0.3) is 21.3 Å². The van der Waals surface area contributed by atoms with Crippen LogP contribution in [0.2, 0.25) is 4.34 Å². The average molecular weight is 262 g/mol. The maximum Gasteiger partial charge on any atom is 0.154 e. The lowest BCUT2D eigenvalue weighted by Gasteiger charge is -2.04. The fourth-order valence-corrected chi connectivity index (χ4v) is 2.79. The first-order chi connectivity index (χ1) is 8.25. The minimum atomic E-state index is 0.451. The highest BCUT2D eigenvalue weighted by molar-refractivity contribution is 7.19. The van der Waals surface area contributed by atoms with E-state index in [9.17, 15) is 0 Å². The summed E-state index contributed by atoms with van der Waals surface area (Å²) < 4.78 is 0.739. The van der Waals surface area contributed by atoms with E-state index in [1.807, 2.05) is 36.4 Å². The van der Waals surface area contributed by atoms with Crippen LogP contribution in [-0.4, -0.2) is 10.2 Å². The third-order valence-corrected chi connectivity index (χ3v) is 3.76. The van der Waals surface area contributed by atoms with Crippen LogP contribution < -0.4 is 5.73 Å². The van der Waals surface area contributed by atoms with Crippen LogP contribution in [0, 0.1) is 0 Å². The molecule has 1 aromatic carbocycles. The van der Waals surface area contributed by atoms with E-state index in [0.717, 1.165) is 25.7 Å². The van der Waals surface area contributed by atoms with E-state index in [2.05, 4.69) is 10.2 Å². The van der Waals surface area contributed by atoms with Crippen LogP contribution in [0.4, 0.5) is 5.82 Å². The molecule has 0 fully saturated rings. The molecule has 0 aliphatic heterocycles. The minimum absolute atomic E-state index is 0.451. The van der Waals surface area contributed by atoms with Crippen molar-refractivity contribution in [2.45, 2.75) is 0 Å². The third kappa shape index (κ3) is 1.75. The Morgan fingerprint density at radius 3 is 2.47 bits per heavy atom. The number of halogens is 1. The summed E-state index contributed by atoms with van der Waals surface area (Å²) in [5.74, 6) is 0.451. The molecule has 0 bridgehead atoms. The van der Waals surface area contributed by atoms with Gasteiger partial charge in [0.15, 0.2) is 5.82 Å². The van der Waals surface area contributed by atoms with E-state index >= 15 is 0 Å². The Labute approximate surface area is 107 Å². The summed E-state index contributed by atoms with van der Waals surface area (Å²) in [6.45, 7) is 0. The molecule has 0 radical (unpaired) electrons. The Bertz CT molecular complexity index is 693. The van der Waals surface area contributed by atoms with E-state index < -0.39 is 0 Å². The van der Waals surface area contributed by atoms with Gasteiger partial charge in [-0.25, -0.2) is 0 Å². The van der Waals surface area contributed by atoms with Crippen LogP contribution in [0.3, 0.4) is 0 Å². The summed E-state index contributed by atoms with van der Waals surface area (Å²) in [5, 5.41) is 10.1. The Morgan fingerprint density at radius 2 is 1.76 bits per heavy atom. The number of anilines is 1. The molecule has 3 rings (SSSR count). The molecule has 0 amide bonds. The van der Waals surface area contributed by atoms with Crippen molar-refractivity contribution >= 4 is 39.5 Å². The van der Waals surface area contributed by atoms with Crippen molar-refractivity contribution in [2.75, 3.05) is 5.73 Å². The van der Waals surface area contributed by atoms with Gasteiger partial charge in [-0.15, -0.1) is 21.5 Å². The number of aromatic nitrogens is 2. The van der Waals surface area contributed by atoms with Gasteiger partial charge < -0.3 is 5.73 Å². The molecule has 0 saturated carbocycles. The summed E-state index contributed by atoms with van der Waals surface area (Å²) in [6.07, 6.45) is 0. The Balaban J connectivity index is 2.34. The molecule has 3 aromatic rings. The lowest BCUT2D eigenvalue weighted by atomic mass is 10.1. The van der Waals surface area contributed by atoms with Gasteiger partial charge in [-0.3, -0.25) is 0 Å². The number of nitrogens with two attached hydrogens (primary N) is 1. The monoisotopic (exact) mass is 261 g/mol. The fraction of sp³-hybridized carbons (Fsp3) is 0. The molecule has 2 aromatic heterocycles. The second-order valence-corrected chi connectivity index (χ2v) is 5.30. The van der Waals surface area contributed by atoms with Crippen molar-refractivity contribution in [1.29, 1.82) is 0 Å². The predicted octanol–water partition coefficient (Wildman–Crippen LogP) is 3.59. The molecule has 0 aliphatic carbocycles. The first-order valence-electron chi connectivity index (χ1n) is 5.02. The highest BCUT2D eigenvalue weighted by Gasteiger charge is 2.10. The maximum absolute atomic E-state index is 5.94. The number of hydrogen-bond donors (Lipinski definition) is 1. The zero-order valence-electron chi connectivity index (χ0n) is 8.72. The van der Waals surface area contributed by atoms with Gasteiger partial charge in [-0.2, -0.15) is 0 Å². The van der Waals surface area contributed by atoms with E-state index in [0.29, 0.717) is 5.82 Å². The number of thiophene rings is 1. The van der Waals surface area contributed by atoms with E-state index in [-0.39, 0.29) is 0 Å². The number of nitrogens with zero attached hydrogens (tertiary/aromatic N) is 2. The van der Waals surface area contributed by atoms with Crippen LogP contribution in [0.1, 0.15) is 0 Å². The SMILES string of the molecule is Nc1nnc(-c2ccc(Cl)s2)c2ccccc12. The molecular weight excluding hydrogens is 254 g/mol. The zero-order chi connectivity index (χ0) is 11.8. The van der Waals surface area contributed by atoms with Gasteiger partial charge >= 0.3 is 0 Å². The van der Waals surface area contributed by atoms with Crippen LogP contribution in [-0.2, 0) is 0 Å². The average Bonchev–Trinajstić information content (AvgIpc) is 2.77. The molecule has 5 heteroatoms. The van der Waals surface area contributed by atoms with Gasteiger partial charge in [0.2, 0.25) is 0 Å². The van der Waals surface area contributed by atoms with Crippen molar-refractivity contribution in [3.05, 3.63) is 40.7 Å². The van der Waals surface area contributed by atoms with Gasteiger partial charge in [0.25, 0.3) is 0 Å². The van der Waals surface area contributed by atoms with E-state index in [1.165, 1.54) is 11.3 Å². The topological polar surface area (TPSA) is 51.8 Å². The van der Waals surface area contributed by atoms with Crippen molar-refractivity contribution in [1.82, 2.24) is 10.2 Å². The van der Waals surface area contributed by atoms with Gasteiger partial charge in [-0.1, -0.05) is 35.9 Å². The maximum atomic E-state index is 5.94. The summed E-state index contributed by atoms with van der Waals surface area (Å²) in [7, 11) is 0. The van der Waals surface area contributed by atoms with Crippen LogP contribution >= 0.6 is 22.9 Å². The number of benzene rings is 1.